The number of ether oxygens (including phenoxy) is 1. The van der Waals surface area contributed by atoms with Gasteiger partial charge in [-0.3, -0.25) is 9.67 Å². The molecule has 1 fully saturated rings. The topological polar surface area (TPSA) is 96.7 Å². The maximum atomic E-state index is 10.8. The average Bonchev–Trinajstić information content (AvgIpc) is 2.96. The van der Waals surface area contributed by atoms with Gasteiger partial charge in [0.05, 0.1) is 38.5 Å². The van der Waals surface area contributed by atoms with Gasteiger partial charge in [0, 0.05) is 41.8 Å². The summed E-state index contributed by atoms with van der Waals surface area (Å²) in [6, 6.07) is 1.55. The number of nitrogens with zero attached hydrogens (tertiary/aromatic N) is 3. The molecule has 0 atom stereocenters. The second-order valence-corrected chi connectivity index (χ2v) is 5.03. The van der Waals surface area contributed by atoms with E-state index >= 15 is 0 Å². The number of carboxylic acid groups (broad SMARTS) is 1. The van der Waals surface area contributed by atoms with Crippen molar-refractivity contribution in [2.24, 2.45) is 7.05 Å². The summed E-state index contributed by atoms with van der Waals surface area (Å²) in [5, 5.41) is 17.1. The minimum Gasteiger partial charge on any atom is -0.545 e. The van der Waals surface area contributed by atoms with Gasteiger partial charge in [0.15, 0.2) is 0 Å². The number of rotatable bonds is 2. The number of hydrogen-bond acceptors (Lipinski definition) is 5. The largest absolute Gasteiger partial charge is 0.545 e. The molecule has 0 bridgehead atoms. The third-order valence-corrected chi connectivity index (χ3v) is 3.28. The molecule has 1 saturated heterocycles. The lowest BCUT2D eigenvalue weighted by atomic mass is 10.1. The van der Waals surface area contributed by atoms with Crippen LogP contribution in [0, 0.1) is 6.92 Å². The summed E-state index contributed by atoms with van der Waals surface area (Å²) in [6.07, 6.45) is 5.08. The van der Waals surface area contributed by atoms with Gasteiger partial charge in [0.1, 0.15) is 0 Å². The lowest BCUT2D eigenvalue weighted by Gasteiger charge is -2.07. The molecule has 0 unspecified atom stereocenters. The summed E-state index contributed by atoms with van der Waals surface area (Å²) < 4.78 is 6.68. The van der Waals surface area contributed by atoms with Crippen molar-refractivity contribution in [1.29, 1.82) is 0 Å². The van der Waals surface area contributed by atoms with Gasteiger partial charge in [-0.2, -0.15) is 5.10 Å². The first-order valence-electron chi connectivity index (χ1n) is 7.14. The highest BCUT2D eigenvalue weighted by Gasteiger charge is 2.06. The van der Waals surface area contributed by atoms with E-state index in [1.54, 1.807) is 43.3 Å². The van der Waals surface area contributed by atoms with Crippen LogP contribution in [0.5, 0.6) is 0 Å². The minimum atomic E-state index is -1.21. The monoisotopic (exact) mass is 304 g/mol. The molecule has 2 aromatic heterocycles. The number of hydrogen-bond donors (Lipinski definition) is 1. The number of quaternary nitrogens is 1. The van der Waals surface area contributed by atoms with Crippen LogP contribution in [0.1, 0.15) is 16.1 Å². The Bertz CT molecular complexity index is 624. The predicted molar refractivity (Wildman–Crippen MR) is 78.0 cm³/mol. The predicted octanol–water partition coefficient (Wildman–Crippen LogP) is -1.27. The van der Waals surface area contributed by atoms with Gasteiger partial charge >= 0.3 is 0 Å². The van der Waals surface area contributed by atoms with E-state index < -0.39 is 5.97 Å². The van der Waals surface area contributed by atoms with Crippen molar-refractivity contribution in [3.05, 3.63) is 35.9 Å². The zero-order valence-corrected chi connectivity index (χ0v) is 12.8. The number of nitrogens with two attached hydrogens (primary N) is 1. The molecule has 0 amide bonds. The van der Waals surface area contributed by atoms with Crippen LogP contribution in [-0.4, -0.2) is 47.0 Å². The first kappa shape index (κ1) is 16.1. The van der Waals surface area contributed by atoms with Gasteiger partial charge in [0.25, 0.3) is 0 Å². The summed E-state index contributed by atoms with van der Waals surface area (Å²) in [7, 11) is 1.80. The van der Waals surface area contributed by atoms with Gasteiger partial charge in [0.2, 0.25) is 0 Å². The molecule has 3 heterocycles. The molecule has 1 aliphatic rings. The van der Waals surface area contributed by atoms with E-state index in [0.717, 1.165) is 37.4 Å². The molecule has 22 heavy (non-hydrogen) atoms. The number of aromatic nitrogens is 3. The molecular formula is C15H20N4O3. The summed E-state index contributed by atoms with van der Waals surface area (Å²) in [4.78, 5) is 14.9. The Balaban J connectivity index is 0.000000246. The SMILES string of the molecule is C1COCC[NH2+]1.Cc1ncc(-c2cnn(C)c2)cc1C(=O)[O-]. The smallest absolute Gasteiger partial charge is 0.0993 e. The maximum Gasteiger partial charge on any atom is 0.0993 e. The van der Waals surface area contributed by atoms with Crippen molar-refractivity contribution >= 4 is 5.97 Å². The Kier molecular flexibility index (Phi) is 5.62. The van der Waals surface area contributed by atoms with Crippen molar-refractivity contribution in [3.8, 4) is 11.1 Å². The van der Waals surface area contributed by atoms with Crippen LogP contribution < -0.4 is 10.4 Å². The number of carboxylic acids is 1. The van der Waals surface area contributed by atoms with E-state index in [-0.39, 0.29) is 5.56 Å². The number of aromatic carboxylic acids is 1. The van der Waals surface area contributed by atoms with Gasteiger partial charge in [-0.15, -0.1) is 0 Å². The van der Waals surface area contributed by atoms with Gasteiger partial charge in [-0.05, 0) is 13.0 Å². The highest BCUT2D eigenvalue weighted by Crippen LogP contribution is 2.19. The summed E-state index contributed by atoms with van der Waals surface area (Å²) in [6.45, 7) is 5.83. The molecule has 1 aliphatic heterocycles. The van der Waals surface area contributed by atoms with Gasteiger partial charge in [-0.1, -0.05) is 0 Å². The molecule has 0 aliphatic carbocycles. The van der Waals surface area contributed by atoms with Gasteiger partial charge in [-0.25, -0.2) is 0 Å². The van der Waals surface area contributed by atoms with Crippen LogP contribution in [0.4, 0.5) is 0 Å². The first-order valence-corrected chi connectivity index (χ1v) is 7.14. The molecule has 2 aromatic rings. The molecular weight excluding hydrogens is 284 g/mol. The second kappa shape index (κ2) is 7.67. The lowest BCUT2D eigenvalue weighted by Crippen LogP contribution is -2.87. The number of carbonyl (C=O) groups is 1. The van der Waals surface area contributed by atoms with Crippen molar-refractivity contribution < 1.29 is 20.0 Å². The quantitative estimate of drug-likeness (QED) is 0.746. The lowest BCUT2D eigenvalue weighted by molar-refractivity contribution is -0.670. The Morgan fingerprint density at radius 1 is 1.32 bits per heavy atom. The first-order chi connectivity index (χ1) is 10.6. The van der Waals surface area contributed by atoms with Crippen molar-refractivity contribution in [2.45, 2.75) is 6.92 Å². The number of pyridine rings is 1. The Labute approximate surface area is 128 Å². The fraction of sp³-hybridized carbons (Fsp3) is 0.400. The summed E-state index contributed by atoms with van der Waals surface area (Å²) in [5.41, 5.74) is 2.12. The van der Waals surface area contributed by atoms with Crippen molar-refractivity contribution in [3.63, 3.8) is 0 Å². The van der Waals surface area contributed by atoms with E-state index in [1.165, 1.54) is 0 Å². The van der Waals surface area contributed by atoms with E-state index in [1.807, 2.05) is 0 Å². The zero-order valence-electron chi connectivity index (χ0n) is 12.8. The Morgan fingerprint density at radius 3 is 2.50 bits per heavy atom. The average molecular weight is 304 g/mol. The molecule has 3 rings (SSSR count). The molecule has 2 N–H and O–H groups in total. The molecule has 118 valence electrons. The number of aryl methyl sites for hydroxylation is 2. The van der Waals surface area contributed by atoms with Crippen LogP contribution in [0.3, 0.4) is 0 Å². The van der Waals surface area contributed by atoms with E-state index in [4.69, 9.17) is 4.74 Å². The highest BCUT2D eigenvalue weighted by molar-refractivity contribution is 5.88. The standard InChI is InChI=1S/C11H11N3O2.C4H9NO/c1-7-10(11(15)16)3-8(4-12-7)9-5-13-14(2)6-9;1-3-6-4-2-5-1/h3-6H,1-2H3,(H,15,16);5H,1-4H2. The Hall–Kier alpha value is -2.25. The van der Waals surface area contributed by atoms with Gasteiger partial charge < -0.3 is 20.0 Å². The number of carbonyl (C=O) groups excluding carboxylic acids is 1. The fourth-order valence-corrected chi connectivity index (χ4v) is 2.05. The molecule has 0 spiro atoms. The summed E-state index contributed by atoms with van der Waals surface area (Å²) in [5.74, 6) is -1.21. The third kappa shape index (κ3) is 4.37. The minimum absolute atomic E-state index is 0.112. The molecule has 0 aromatic carbocycles. The highest BCUT2D eigenvalue weighted by atomic mass is 16.5. The van der Waals surface area contributed by atoms with Crippen LogP contribution >= 0.6 is 0 Å². The third-order valence-electron chi connectivity index (χ3n) is 3.28. The van der Waals surface area contributed by atoms with Crippen molar-refractivity contribution in [2.75, 3.05) is 26.3 Å². The van der Waals surface area contributed by atoms with Crippen LogP contribution in [0.2, 0.25) is 0 Å². The second-order valence-electron chi connectivity index (χ2n) is 5.03. The fourth-order valence-electron chi connectivity index (χ4n) is 2.05. The zero-order chi connectivity index (χ0) is 15.9. The van der Waals surface area contributed by atoms with E-state index in [9.17, 15) is 9.90 Å². The molecule has 7 nitrogen and oxygen atoms in total. The van der Waals surface area contributed by atoms with Crippen LogP contribution in [-0.2, 0) is 11.8 Å². The molecule has 7 heteroatoms. The summed E-state index contributed by atoms with van der Waals surface area (Å²) >= 11 is 0. The van der Waals surface area contributed by atoms with Crippen LogP contribution in [0.25, 0.3) is 11.1 Å². The maximum absolute atomic E-state index is 10.8. The molecule has 0 saturated carbocycles. The van der Waals surface area contributed by atoms with E-state index in [0.29, 0.717) is 5.69 Å². The van der Waals surface area contributed by atoms with Crippen molar-refractivity contribution in [1.82, 2.24) is 14.8 Å². The normalized spacial score (nSPS) is 14.1. The van der Waals surface area contributed by atoms with E-state index in [2.05, 4.69) is 15.4 Å². The van der Waals surface area contributed by atoms with Crippen LogP contribution in [0.15, 0.2) is 24.7 Å². The number of morpholine rings is 1. The Morgan fingerprint density at radius 2 is 2.05 bits per heavy atom. The molecule has 0 radical (unpaired) electrons.